The Balaban J connectivity index is 0. The summed E-state index contributed by atoms with van der Waals surface area (Å²) < 4.78 is 0. The van der Waals surface area contributed by atoms with Crippen molar-refractivity contribution in [2.24, 2.45) is 0 Å². The summed E-state index contributed by atoms with van der Waals surface area (Å²) in [4.78, 5) is 42.1. The first-order valence-electron chi connectivity index (χ1n) is 8.42. The second kappa shape index (κ2) is 15.2. The molecule has 0 heterocycles. The molecule has 0 saturated carbocycles. The third kappa shape index (κ3) is 14.9. The van der Waals surface area contributed by atoms with Gasteiger partial charge in [-0.05, 0) is 12.5 Å². The average molecular weight is 384 g/mol. The molecule has 0 fully saturated rings. The van der Waals surface area contributed by atoms with Gasteiger partial charge in [0.05, 0.1) is 0 Å². The van der Waals surface area contributed by atoms with E-state index in [1.165, 1.54) is 0 Å². The van der Waals surface area contributed by atoms with Crippen LogP contribution in [0.3, 0.4) is 0 Å². The maximum atomic E-state index is 11.4. The van der Waals surface area contributed by atoms with Gasteiger partial charge in [0, 0.05) is 12.8 Å². The first kappa shape index (κ1) is 26.1. The van der Waals surface area contributed by atoms with Gasteiger partial charge >= 0.3 is 23.9 Å². The Morgan fingerprint density at radius 2 is 1.44 bits per heavy atom. The van der Waals surface area contributed by atoms with Gasteiger partial charge in [0.25, 0.3) is 0 Å². The van der Waals surface area contributed by atoms with E-state index in [9.17, 15) is 19.2 Å². The second-order valence-electron chi connectivity index (χ2n) is 5.05. The lowest BCUT2D eigenvalue weighted by Gasteiger charge is -2.15. The summed E-state index contributed by atoms with van der Waals surface area (Å²) in [6.45, 7) is 6.95. The van der Waals surface area contributed by atoms with Crippen molar-refractivity contribution >= 4 is 23.9 Å². The Morgan fingerprint density at radius 1 is 0.963 bits per heavy atom. The van der Waals surface area contributed by atoms with Crippen molar-refractivity contribution in [3.8, 4) is 0 Å². The number of carbonyl (C=O) groups is 4. The highest BCUT2D eigenvalue weighted by atomic mass is 16.4. The highest BCUT2D eigenvalue weighted by Gasteiger charge is 2.20. The molecule has 9 nitrogen and oxygen atoms in total. The Bertz CT molecular complexity index is 600. The maximum absolute atomic E-state index is 11.4. The van der Waals surface area contributed by atoms with Crippen molar-refractivity contribution in [2.75, 3.05) is 6.54 Å². The third-order valence-corrected chi connectivity index (χ3v) is 2.87. The molecule has 1 rings (SSSR count). The van der Waals surface area contributed by atoms with Crippen LogP contribution in [-0.4, -0.2) is 51.8 Å². The lowest BCUT2D eigenvalue weighted by Crippen LogP contribution is -2.48. The van der Waals surface area contributed by atoms with Gasteiger partial charge in [-0.1, -0.05) is 50.6 Å². The normalized spacial score (nSPS) is 10.1. The second-order valence-corrected chi connectivity index (χ2v) is 5.05. The zero-order valence-corrected chi connectivity index (χ0v) is 16.0. The van der Waals surface area contributed by atoms with Crippen molar-refractivity contribution in [1.82, 2.24) is 10.6 Å². The Labute approximate surface area is 158 Å². The predicted octanol–water partition coefficient (Wildman–Crippen LogP) is 1.88. The standard InChI is InChI=1S/C13H16N2O5.C3H6O2.C2H6/c1-8-2-4-9(5-3-8)6-10(12(18)19)15-13(20)14-7-11(16)17;1-2-3(4)5;1-2/h2-5,10H,6-7H2,1H3,(H,16,17)(H,18,19)(H2,14,15,20);2H2,1H3,(H,4,5);1-2H3/t10-;;/m0../s1. The highest BCUT2D eigenvalue weighted by Crippen LogP contribution is 2.06. The van der Waals surface area contributed by atoms with Crippen molar-refractivity contribution in [1.29, 1.82) is 0 Å². The number of aryl methyl sites for hydroxylation is 1. The number of carboxylic acids is 3. The van der Waals surface area contributed by atoms with Crippen molar-refractivity contribution in [3.05, 3.63) is 35.4 Å². The fraction of sp³-hybridized carbons (Fsp3) is 0.444. The summed E-state index contributed by atoms with van der Waals surface area (Å²) in [7, 11) is 0. The number of amides is 2. The lowest BCUT2D eigenvalue weighted by atomic mass is 10.0. The van der Waals surface area contributed by atoms with E-state index >= 15 is 0 Å². The van der Waals surface area contributed by atoms with Gasteiger partial charge in [0.1, 0.15) is 12.6 Å². The van der Waals surface area contributed by atoms with Crippen LogP contribution in [0.2, 0.25) is 0 Å². The first-order valence-corrected chi connectivity index (χ1v) is 8.42. The van der Waals surface area contributed by atoms with Gasteiger partial charge in [-0.2, -0.15) is 0 Å². The fourth-order valence-corrected chi connectivity index (χ4v) is 1.53. The minimum absolute atomic E-state index is 0.121. The quantitative estimate of drug-likeness (QED) is 0.481. The number of benzene rings is 1. The summed E-state index contributed by atoms with van der Waals surface area (Å²) in [5.41, 5.74) is 1.81. The number of aliphatic carboxylic acids is 3. The smallest absolute Gasteiger partial charge is 0.326 e. The van der Waals surface area contributed by atoms with E-state index in [1.807, 2.05) is 38.2 Å². The molecule has 9 heteroatoms. The fourth-order valence-electron chi connectivity index (χ4n) is 1.53. The van der Waals surface area contributed by atoms with Gasteiger partial charge in [0.15, 0.2) is 0 Å². The molecule has 0 spiro atoms. The summed E-state index contributed by atoms with van der Waals surface area (Å²) >= 11 is 0. The van der Waals surface area contributed by atoms with Crippen LogP contribution in [0.25, 0.3) is 0 Å². The molecule has 1 atom stereocenters. The number of hydrogen-bond donors (Lipinski definition) is 5. The third-order valence-electron chi connectivity index (χ3n) is 2.87. The molecular formula is C18H28N2O7. The maximum Gasteiger partial charge on any atom is 0.326 e. The molecule has 27 heavy (non-hydrogen) atoms. The molecule has 1 aromatic rings. The van der Waals surface area contributed by atoms with E-state index in [1.54, 1.807) is 19.1 Å². The molecular weight excluding hydrogens is 356 g/mol. The summed E-state index contributed by atoms with van der Waals surface area (Å²) in [6, 6.07) is 5.31. The van der Waals surface area contributed by atoms with Crippen LogP contribution < -0.4 is 10.6 Å². The predicted molar refractivity (Wildman–Crippen MR) is 99.8 cm³/mol. The van der Waals surface area contributed by atoms with Gasteiger partial charge < -0.3 is 26.0 Å². The molecule has 152 valence electrons. The van der Waals surface area contributed by atoms with Gasteiger partial charge in [-0.3, -0.25) is 9.59 Å². The zero-order chi connectivity index (χ0) is 21.4. The summed E-state index contributed by atoms with van der Waals surface area (Å²) in [5.74, 6) is -3.13. The Hall–Kier alpha value is -3.10. The molecule has 1 aromatic carbocycles. The van der Waals surface area contributed by atoms with Gasteiger partial charge in [-0.25, -0.2) is 9.59 Å². The number of urea groups is 1. The minimum Gasteiger partial charge on any atom is -0.481 e. The molecule has 0 saturated heterocycles. The molecule has 0 aromatic heterocycles. The largest absolute Gasteiger partial charge is 0.481 e. The monoisotopic (exact) mass is 384 g/mol. The number of carboxylic acid groups (broad SMARTS) is 3. The number of nitrogens with one attached hydrogen (secondary N) is 2. The van der Waals surface area contributed by atoms with Crippen LogP contribution in [0.15, 0.2) is 24.3 Å². The van der Waals surface area contributed by atoms with Crippen LogP contribution in [0, 0.1) is 6.92 Å². The summed E-state index contributed by atoms with van der Waals surface area (Å²) in [6.07, 6.45) is 0.343. The van der Waals surface area contributed by atoms with E-state index in [4.69, 9.17) is 15.3 Å². The van der Waals surface area contributed by atoms with Crippen molar-refractivity contribution in [2.45, 2.75) is 46.6 Å². The molecule has 0 bridgehead atoms. The van der Waals surface area contributed by atoms with Gasteiger partial charge in [0.2, 0.25) is 0 Å². The molecule has 2 amide bonds. The highest BCUT2D eigenvalue weighted by molar-refractivity contribution is 5.84. The van der Waals surface area contributed by atoms with Crippen molar-refractivity contribution < 1.29 is 34.5 Å². The van der Waals surface area contributed by atoms with E-state index in [2.05, 4.69) is 5.32 Å². The zero-order valence-electron chi connectivity index (χ0n) is 16.0. The molecule has 0 aliphatic carbocycles. The van der Waals surface area contributed by atoms with Crippen LogP contribution in [-0.2, 0) is 20.8 Å². The van der Waals surface area contributed by atoms with Crippen LogP contribution >= 0.6 is 0 Å². The number of hydrogen-bond acceptors (Lipinski definition) is 4. The lowest BCUT2D eigenvalue weighted by molar-refractivity contribution is -0.139. The molecule has 0 radical (unpaired) electrons. The van der Waals surface area contributed by atoms with E-state index in [-0.39, 0.29) is 12.8 Å². The van der Waals surface area contributed by atoms with Crippen LogP contribution in [0.5, 0.6) is 0 Å². The molecule has 5 N–H and O–H groups in total. The molecule has 0 aliphatic heterocycles. The van der Waals surface area contributed by atoms with E-state index < -0.39 is 36.5 Å². The topological polar surface area (TPSA) is 153 Å². The number of rotatable bonds is 7. The average Bonchev–Trinajstić information content (AvgIpc) is 2.63. The van der Waals surface area contributed by atoms with Gasteiger partial charge in [-0.15, -0.1) is 0 Å². The van der Waals surface area contributed by atoms with Crippen molar-refractivity contribution in [3.63, 3.8) is 0 Å². The number of carbonyl (C=O) groups excluding carboxylic acids is 1. The Morgan fingerprint density at radius 3 is 1.81 bits per heavy atom. The Kier molecular flexibility index (Phi) is 14.7. The SMILES string of the molecule is CC.CCC(=O)O.Cc1ccc(C[C@H](NC(=O)NCC(=O)O)C(=O)O)cc1. The minimum atomic E-state index is -1.20. The van der Waals surface area contributed by atoms with E-state index in [0.717, 1.165) is 11.1 Å². The molecule has 0 unspecified atom stereocenters. The van der Waals surface area contributed by atoms with Crippen LogP contribution in [0.1, 0.15) is 38.3 Å². The van der Waals surface area contributed by atoms with E-state index in [0.29, 0.717) is 0 Å². The molecule has 0 aliphatic rings. The van der Waals surface area contributed by atoms with Crippen LogP contribution in [0.4, 0.5) is 4.79 Å². The summed E-state index contributed by atoms with van der Waals surface area (Å²) in [5, 5.41) is 29.5. The first-order chi connectivity index (χ1) is 12.6.